The van der Waals surface area contributed by atoms with Crippen molar-refractivity contribution in [2.45, 2.75) is 76.8 Å². The third-order valence-corrected chi connectivity index (χ3v) is 4.30. The average molecular weight is 270 g/mol. The maximum Gasteiger partial charge on any atom is 0.486 e. The van der Waals surface area contributed by atoms with Crippen LogP contribution in [0.2, 0.25) is 0 Å². The third-order valence-electron chi connectivity index (χ3n) is 3.87. The van der Waals surface area contributed by atoms with Crippen LogP contribution in [-0.4, -0.2) is 23.6 Å². The van der Waals surface area contributed by atoms with Gasteiger partial charge in [0.1, 0.15) is 0 Å². The van der Waals surface area contributed by atoms with Gasteiger partial charge in [0.05, 0.1) is 11.2 Å². The summed E-state index contributed by atoms with van der Waals surface area (Å²) in [6.45, 7) is 10.5. The summed E-state index contributed by atoms with van der Waals surface area (Å²) in [4.78, 5) is 0. The molecule has 0 bridgehead atoms. The van der Waals surface area contributed by atoms with Gasteiger partial charge in [-0.05, 0) is 34.1 Å². The highest BCUT2D eigenvalue weighted by atomic mass is 32.1. The molecule has 0 aromatic heterocycles. The van der Waals surface area contributed by atoms with Crippen LogP contribution in [0.5, 0.6) is 0 Å². The van der Waals surface area contributed by atoms with E-state index in [0.29, 0.717) is 5.25 Å². The molecule has 0 N–H and O–H groups in total. The van der Waals surface area contributed by atoms with Crippen LogP contribution in [0.3, 0.4) is 0 Å². The van der Waals surface area contributed by atoms with Crippen molar-refractivity contribution < 1.29 is 9.31 Å². The van der Waals surface area contributed by atoms with Crippen molar-refractivity contribution in [2.24, 2.45) is 0 Å². The van der Waals surface area contributed by atoms with Crippen LogP contribution in [0.15, 0.2) is 12.1 Å². The largest absolute Gasteiger partial charge is 0.486 e. The Labute approximate surface area is 118 Å². The van der Waals surface area contributed by atoms with E-state index < -0.39 is 0 Å². The Bertz CT molecular complexity index is 274. The topological polar surface area (TPSA) is 18.5 Å². The van der Waals surface area contributed by atoms with E-state index in [9.17, 15) is 0 Å². The van der Waals surface area contributed by atoms with Gasteiger partial charge >= 0.3 is 7.12 Å². The van der Waals surface area contributed by atoms with Gasteiger partial charge in [0.2, 0.25) is 0 Å². The first-order chi connectivity index (χ1) is 8.28. The number of rotatable bonds is 6. The quantitative estimate of drug-likeness (QED) is 0.446. The fourth-order valence-electron chi connectivity index (χ4n) is 1.89. The second-order valence-corrected chi connectivity index (χ2v) is 6.74. The first kappa shape index (κ1) is 16.1. The molecule has 1 aliphatic rings. The minimum atomic E-state index is -0.254. The fourth-order valence-corrected chi connectivity index (χ4v) is 2.17. The van der Waals surface area contributed by atoms with E-state index in [-0.39, 0.29) is 18.3 Å². The summed E-state index contributed by atoms with van der Waals surface area (Å²) in [5.41, 5.74) is -0.507. The third kappa shape index (κ3) is 4.32. The van der Waals surface area contributed by atoms with Crippen molar-refractivity contribution >= 4 is 19.7 Å². The van der Waals surface area contributed by atoms with Crippen molar-refractivity contribution in [3.05, 3.63) is 12.1 Å². The van der Waals surface area contributed by atoms with Gasteiger partial charge in [-0.15, -0.1) is 0 Å². The SMILES string of the molecule is CCCCCC(S)/C=C/B1OC(C)(C)C(C)(C)O1. The van der Waals surface area contributed by atoms with Crippen molar-refractivity contribution in [2.75, 3.05) is 0 Å². The summed E-state index contributed by atoms with van der Waals surface area (Å²) < 4.78 is 11.8. The van der Waals surface area contributed by atoms with E-state index in [1.165, 1.54) is 19.3 Å². The maximum absolute atomic E-state index is 5.90. The monoisotopic (exact) mass is 270 g/mol. The molecule has 2 nitrogen and oxygen atoms in total. The van der Waals surface area contributed by atoms with E-state index in [1.54, 1.807) is 0 Å². The highest BCUT2D eigenvalue weighted by molar-refractivity contribution is 7.81. The lowest BCUT2D eigenvalue weighted by atomic mass is 9.89. The zero-order valence-electron chi connectivity index (χ0n) is 12.4. The highest BCUT2D eigenvalue weighted by Crippen LogP contribution is 2.36. The van der Waals surface area contributed by atoms with Crippen LogP contribution in [0.4, 0.5) is 0 Å². The van der Waals surface area contributed by atoms with Crippen LogP contribution in [-0.2, 0) is 9.31 Å². The second kappa shape index (κ2) is 6.49. The Kier molecular flexibility index (Phi) is 5.82. The molecule has 1 fully saturated rings. The molecule has 0 saturated carbocycles. The van der Waals surface area contributed by atoms with Gasteiger partial charge in [0.25, 0.3) is 0 Å². The molecule has 4 heteroatoms. The predicted molar refractivity (Wildman–Crippen MR) is 82.1 cm³/mol. The van der Waals surface area contributed by atoms with Crippen molar-refractivity contribution in [1.82, 2.24) is 0 Å². The minimum absolute atomic E-state index is 0.240. The Morgan fingerprint density at radius 1 is 1.11 bits per heavy atom. The van der Waals surface area contributed by atoms with E-state index >= 15 is 0 Å². The van der Waals surface area contributed by atoms with E-state index in [2.05, 4.69) is 53.3 Å². The predicted octanol–water partition coefficient (Wildman–Crippen LogP) is 4.05. The summed E-state index contributed by atoms with van der Waals surface area (Å²) in [7, 11) is -0.240. The summed E-state index contributed by atoms with van der Waals surface area (Å²) in [5, 5.41) is 0.301. The first-order valence-corrected chi connectivity index (χ1v) is 7.52. The average Bonchev–Trinajstić information content (AvgIpc) is 2.45. The zero-order valence-corrected chi connectivity index (χ0v) is 13.3. The van der Waals surface area contributed by atoms with Gasteiger partial charge in [-0.1, -0.05) is 38.2 Å². The Hall–Kier alpha value is 0.0749. The molecule has 0 radical (unpaired) electrons. The lowest BCUT2D eigenvalue weighted by Crippen LogP contribution is -2.41. The number of unbranched alkanes of at least 4 members (excludes halogenated alkanes) is 2. The molecule has 1 heterocycles. The molecule has 0 aromatic rings. The van der Waals surface area contributed by atoms with Crippen molar-refractivity contribution in [1.29, 1.82) is 0 Å². The van der Waals surface area contributed by atoms with Gasteiger partial charge < -0.3 is 9.31 Å². The van der Waals surface area contributed by atoms with Gasteiger partial charge in [0.15, 0.2) is 0 Å². The number of hydrogen-bond acceptors (Lipinski definition) is 3. The highest BCUT2D eigenvalue weighted by Gasteiger charge is 2.49. The molecule has 1 rings (SSSR count). The maximum atomic E-state index is 5.90. The molecule has 0 amide bonds. The van der Waals surface area contributed by atoms with Crippen molar-refractivity contribution in [3.8, 4) is 0 Å². The zero-order chi connectivity index (χ0) is 13.8. The summed E-state index contributed by atoms with van der Waals surface area (Å²) in [6, 6.07) is 0. The lowest BCUT2D eigenvalue weighted by Gasteiger charge is -2.32. The normalized spacial score (nSPS) is 23.8. The standard InChI is InChI=1S/C14H27BO2S/c1-6-7-8-9-12(18)10-11-15-16-13(2,3)14(4,5)17-15/h10-12,18H,6-9H2,1-5H3/b11-10+. The van der Waals surface area contributed by atoms with Crippen molar-refractivity contribution in [3.63, 3.8) is 0 Å². The first-order valence-electron chi connectivity index (χ1n) is 7.00. The minimum Gasteiger partial charge on any atom is -0.400 e. The summed E-state index contributed by atoms with van der Waals surface area (Å²) in [6.07, 6.45) is 6.98. The molecule has 104 valence electrons. The molecule has 1 atom stereocenters. The molecule has 18 heavy (non-hydrogen) atoms. The Morgan fingerprint density at radius 3 is 2.17 bits per heavy atom. The lowest BCUT2D eigenvalue weighted by molar-refractivity contribution is 0.00578. The summed E-state index contributed by atoms with van der Waals surface area (Å²) >= 11 is 4.56. The molecule has 0 aromatic carbocycles. The molecule has 0 spiro atoms. The van der Waals surface area contributed by atoms with Gasteiger partial charge in [0, 0.05) is 5.25 Å². The van der Waals surface area contributed by atoms with Crippen LogP contribution < -0.4 is 0 Å². The second-order valence-electron chi connectivity index (χ2n) is 6.07. The fraction of sp³-hybridized carbons (Fsp3) is 0.857. The molecule has 0 aliphatic carbocycles. The van der Waals surface area contributed by atoms with E-state index in [4.69, 9.17) is 9.31 Å². The van der Waals surface area contributed by atoms with Gasteiger partial charge in [-0.3, -0.25) is 0 Å². The molecule has 1 aliphatic heterocycles. The number of thiol groups is 1. The van der Waals surface area contributed by atoms with Gasteiger partial charge in [-0.2, -0.15) is 12.6 Å². The van der Waals surface area contributed by atoms with E-state index in [1.807, 2.05) is 5.98 Å². The van der Waals surface area contributed by atoms with Crippen LogP contribution in [0.1, 0.15) is 60.3 Å². The smallest absolute Gasteiger partial charge is 0.400 e. The molecule has 1 saturated heterocycles. The van der Waals surface area contributed by atoms with Gasteiger partial charge in [-0.25, -0.2) is 0 Å². The molecule has 1 unspecified atom stereocenters. The van der Waals surface area contributed by atoms with Crippen LogP contribution >= 0.6 is 12.6 Å². The Morgan fingerprint density at radius 2 is 1.67 bits per heavy atom. The van der Waals surface area contributed by atoms with E-state index in [0.717, 1.165) is 6.42 Å². The summed E-state index contributed by atoms with van der Waals surface area (Å²) in [5.74, 6) is 2.00. The van der Waals surface area contributed by atoms with Crippen LogP contribution in [0.25, 0.3) is 0 Å². The molecular weight excluding hydrogens is 243 g/mol. The molecular formula is C14H27BO2S. The Balaban J connectivity index is 2.40. The number of hydrogen-bond donors (Lipinski definition) is 1. The van der Waals surface area contributed by atoms with Crippen LogP contribution in [0, 0.1) is 0 Å².